The number of aliphatic imine (C=N–C) groups is 1. The summed E-state index contributed by atoms with van der Waals surface area (Å²) in [6.07, 6.45) is 7.74. The molecule has 0 saturated heterocycles. The summed E-state index contributed by atoms with van der Waals surface area (Å²) in [6, 6.07) is 3.93. The number of guanidine groups is 1. The average molecular weight is 476 g/mol. The predicted molar refractivity (Wildman–Crippen MR) is 116 cm³/mol. The third kappa shape index (κ3) is 8.22. The molecule has 0 aliphatic heterocycles. The van der Waals surface area contributed by atoms with Gasteiger partial charge in [0, 0.05) is 50.6 Å². The van der Waals surface area contributed by atoms with Gasteiger partial charge in [0.15, 0.2) is 5.96 Å². The van der Waals surface area contributed by atoms with E-state index in [9.17, 15) is 0 Å². The molecule has 0 aliphatic rings. The second kappa shape index (κ2) is 12.3. The standard InChI is InChI=1S/C18H28N4OS.HI/c1-4-5-10-19-18(20-11-8-16-7-6-13-23-16)22(3)12-9-17-21-14-15(2)24-17;/h6-7,13-14H,4-5,8-12H2,1-3H3,(H,19,20);1H. The van der Waals surface area contributed by atoms with Crippen LogP contribution in [0.25, 0.3) is 0 Å². The van der Waals surface area contributed by atoms with Gasteiger partial charge in [-0.3, -0.25) is 4.99 Å². The number of furan rings is 1. The minimum Gasteiger partial charge on any atom is -0.469 e. The molecule has 7 heteroatoms. The fourth-order valence-electron chi connectivity index (χ4n) is 2.29. The summed E-state index contributed by atoms with van der Waals surface area (Å²) in [4.78, 5) is 12.6. The highest BCUT2D eigenvalue weighted by Gasteiger charge is 2.08. The first-order chi connectivity index (χ1) is 11.7. The zero-order chi connectivity index (χ0) is 17.2. The van der Waals surface area contributed by atoms with Gasteiger partial charge < -0.3 is 14.6 Å². The number of likely N-dealkylation sites (N-methyl/N-ethyl adjacent to an activating group) is 1. The van der Waals surface area contributed by atoms with Crippen LogP contribution < -0.4 is 5.32 Å². The molecule has 0 aliphatic carbocycles. The topological polar surface area (TPSA) is 53.7 Å². The van der Waals surface area contributed by atoms with Crippen molar-refractivity contribution in [3.8, 4) is 0 Å². The summed E-state index contributed by atoms with van der Waals surface area (Å²) in [5.41, 5.74) is 0. The first kappa shape index (κ1) is 22.0. The van der Waals surface area contributed by atoms with Gasteiger partial charge in [-0.15, -0.1) is 35.3 Å². The Balaban J connectivity index is 0.00000312. The lowest BCUT2D eigenvalue weighted by atomic mass is 10.3. The van der Waals surface area contributed by atoms with E-state index in [1.807, 2.05) is 18.3 Å². The number of aromatic nitrogens is 1. The number of rotatable bonds is 9. The van der Waals surface area contributed by atoms with Gasteiger partial charge in [-0.1, -0.05) is 13.3 Å². The summed E-state index contributed by atoms with van der Waals surface area (Å²) in [7, 11) is 2.09. The number of nitrogens with zero attached hydrogens (tertiary/aromatic N) is 3. The van der Waals surface area contributed by atoms with Gasteiger partial charge in [-0.25, -0.2) is 4.98 Å². The van der Waals surface area contributed by atoms with Crippen LogP contribution in [0.15, 0.2) is 34.0 Å². The van der Waals surface area contributed by atoms with Crippen LogP contribution in [0.1, 0.15) is 35.4 Å². The predicted octanol–water partition coefficient (Wildman–Crippen LogP) is 4.13. The first-order valence-electron chi connectivity index (χ1n) is 8.62. The molecule has 2 aromatic rings. The molecule has 0 saturated carbocycles. The van der Waals surface area contributed by atoms with E-state index in [0.717, 1.165) is 57.0 Å². The van der Waals surface area contributed by atoms with Gasteiger partial charge in [0.1, 0.15) is 5.76 Å². The second-order valence-electron chi connectivity index (χ2n) is 5.85. The molecule has 1 N–H and O–H groups in total. The maximum atomic E-state index is 5.38. The Morgan fingerprint density at radius 1 is 1.40 bits per heavy atom. The van der Waals surface area contributed by atoms with Crippen molar-refractivity contribution in [2.24, 2.45) is 4.99 Å². The van der Waals surface area contributed by atoms with Crippen molar-refractivity contribution in [2.75, 3.05) is 26.7 Å². The molecule has 0 aromatic carbocycles. The maximum Gasteiger partial charge on any atom is 0.193 e. The van der Waals surface area contributed by atoms with Crippen LogP contribution >= 0.6 is 35.3 Å². The number of hydrogen-bond acceptors (Lipinski definition) is 4. The largest absolute Gasteiger partial charge is 0.469 e. The lowest BCUT2D eigenvalue weighted by molar-refractivity contribution is 0.474. The Kier molecular flexibility index (Phi) is 10.8. The summed E-state index contributed by atoms with van der Waals surface area (Å²) in [5, 5.41) is 4.64. The molecule has 0 spiro atoms. The molecule has 2 heterocycles. The Hall–Kier alpha value is -1.09. The van der Waals surface area contributed by atoms with Gasteiger partial charge in [-0.2, -0.15) is 0 Å². The van der Waals surface area contributed by atoms with Crippen LogP contribution in [0.2, 0.25) is 0 Å². The van der Waals surface area contributed by atoms with Crippen LogP contribution in [0.3, 0.4) is 0 Å². The van der Waals surface area contributed by atoms with Gasteiger partial charge >= 0.3 is 0 Å². The third-order valence-corrected chi connectivity index (χ3v) is 4.67. The average Bonchev–Trinajstić information content (AvgIpc) is 3.23. The highest BCUT2D eigenvalue weighted by Crippen LogP contribution is 2.11. The van der Waals surface area contributed by atoms with Crippen LogP contribution in [0.4, 0.5) is 0 Å². The molecule has 2 aromatic heterocycles. The normalized spacial score (nSPS) is 11.2. The molecule has 0 amide bonds. The van der Waals surface area contributed by atoms with Crippen molar-refractivity contribution in [1.82, 2.24) is 15.2 Å². The minimum atomic E-state index is 0. The Morgan fingerprint density at radius 3 is 2.88 bits per heavy atom. The second-order valence-corrected chi connectivity index (χ2v) is 7.17. The Bertz CT molecular complexity index is 612. The van der Waals surface area contributed by atoms with Crippen molar-refractivity contribution in [3.63, 3.8) is 0 Å². The quantitative estimate of drug-likeness (QED) is 0.256. The molecule has 140 valence electrons. The van der Waals surface area contributed by atoms with Crippen molar-refractivity contribution >= 4 is 41.3 Å². The molecule has 0 unspecified atom stereocenters. The van der Waals surface area contributed by atoms with Crippen LogP contribution in [-0.2, 0) is 12.8 Å². The molecular formula is C18H29IN4OS. The number of nitrogens with one attached hydrogen (secondary N) is 1. The summed E-state index contributed by atoms with van der Waals surface area (Å²) >= 11 is 1.77. The number of unbranched alkanes of at least 4 members (excludes halogenated alkanes) is 1. The van der Waals surface area contributed by atoms with Crippen LogP contribution in [0, 0.1) is 6.92 Å². The molecule has 2 rings (SSSR count). The third-order valence-electron chi connectivity index (χ3n) is 3.70. The zero-order valence-electron chi connectivity index (χ0n) is 15.3. The van der Waals surface area contributed by atoms with Gasteiger partial charge in [0.05, 0.1) is 11.3 Å². The van der Waals surface area contributed by atoms with E-state index in [-0.39, 0.29) is 24.0 Å². The van der Waals surface area contributed by atoms with Gasteiger partial charge in [-0.05, 0) is 25.5 Å². The van der Waals surface area contributed by atoms with Crippen molar-refractivity contribution in [2.45, 2.75) is 39.5 Å². The molecule has 25 heavy (non-hydrogen) atoms. The first-order valence-corrected chi connectivity index (χ1v) is 9.44. The Labute approximate surface area is 172 Å². The number of aryl methyl sites for hydroxylation is 1. The van der Waals surface area contributed by atoms with Crippen molar-refractivity contribution < 1.29 is 4.42 Å². The number of halogens is 1. The lowest BCUT2D eigenvalue weighted by Gasteiger charge is -2.22. The van der Waals surface area contributed by atoms with Gasteiger partial charge in [0.2, 0.25) is 0 Å². The lowest BCUT2D eigenvalue weighted by Crippen LogP contribution is -2.41. The highest BCUT2D eigenvalue weighted by molar-refractivity contribution is 14.0. The van der Waals surface area contributed by atoms with Crippen molar-refractivity contribution in [1.29, 1.82) is 0 Å². The highest BCUT2D eigenvalue weighted by atomic mass is 127. The molecule has 0 bridgehead atoms. The number of thiazole rings is 1. The van der Waals surface area contributed by atoms with E-state index in [0.29, 0.717) is 0 Å². The molecule has 0 atom stereocenters. The van der Waals surface area contributed by atoms with Crippen molar-refractivity contribution in [3.05, 3.63) is 40.2 Å². The zero-order valence-corrected chi connectivity index (χ0v) is 18.5. The summed E-state index contributed by atoms with van der Waals surface area (Å²) < 4.78 is 5.38. The fraction of sp³-hybridized carbons (Fsp3) is 0.556. The van der Waals surface area contributed by atoms with Crippen LogP contribution in [-0.4, -0.2) is 42.5 Å². The van der Waals surface area contributed by atoms with E-state index in [4.69, 9.17) is 9.41 Å². The minimum absolute atomic E-state index is 0. The van der Waals surface area contributed by atoms with E-state index in [1.54, 1.807) is 17.6 Å². The summed E-state index contributed by atoms with van der Waals surface area (Å²) in [5.74, 6) is 1.96. The molecule has 0 fully saturated rings. The van der Waals surface area contributed by atoms with E-state index in [2.05, 4.69) is 36.1 Å². The molecular weight excluding hydrogens is 447 g/mol. The van der Waals surface area contributed by atoms with E-state index < -0.39 is 0 Å². The SMILES string of the molecule is CCCCN=C(NCCc1ccco1)N(C)CCc1ncc(C)s1.I. The summed E-state index contributed by atoms with van der Waals surface area (Å²) in [6.45, 7) is 6.87. The Morgan fingerprint density at radius 2 is 2.24 bits per heavy atom. The maximum absolute atomic E-state index is 5.38. The molecule has 0 radical (unpaired) electrons. The smallest absolute Gasteiger partial charge is 0.193 e. The number of hydrogen-bond donors (Lipinski definition) is 1. The van der Waals surface area contributed by atoms with E-state index in [1.165, 1.54) is 9.88 Å². The van der Waals surface area contributed by atoms with E-state index >= 15 is 0 Å². The monoisotopic (exact) mass is 476 g/mol. The van der Waals surface area contributed by atoms with Crippen LogP contribution in [0.5, 0.6) is 0 Å². The fourth-order valence-corrected chi connectivity index (χ4v) is 3.07. The van der Waals surface area contributed by atoms with Gasteiger partial charge in [0.25, 0.3) is 0 Å². The molecule has 5 nitrogen and oxygen atoms in total.